The zero-order valence-corrected chi connectivity index (χ0v) is 14.7. The number of aryl methyl sites for hydroxylation is 1. The van der Waals surface area contributed by atoms with Gasteiger partial charge in [-0.3, -0.25) is 19.8 Å². The summed E-state index contributed by atoms with van der Waals surface area (Å²) < 4.78 is 27.0. The van der Waals surface area contributed by atoms with Gasteiger partial charge in [-0.2, -0.15) is 0 Å². The maximum Gasteiger partial charge on any atom is 0.293 e. The van der Waals surface area contributed by atoms with Crippen molar-refractivity contribution in [3.63, 3.8) is 0 Å². The monoisotopic (exact) mass is 375 g/mol. The number of nitro benzene ring substituents is 1. The molecule has 6 nitrogen and oxygen atoms in total. The van der Waals surface area contributed by atoms with Gasteiger partial charge in [0.15, 0.2) is 0 Å². The summed E-state index contributed by atoms with van der Waals surface area (Å²) in [6, 6.07) is 8.07. The van der Waals surface area contributed by atoms with Crippen LogP contribution >= 0.6 is 0 Å². The molecule has 0 aliphatic heterocycles. The number of carbonyl (C=O) groups excluding carboxylic acids is 1. The Labute approximate surface area is 154 Å². The lowest BCUT2D eigenvalue weighted by atomic mass is 10.2. The van der Waals surface area contributed by atoms with Crippen molar-refractivity contribution >= 4 is 17.3 Å². The summed E-state index contributed by atoms with van der Waals surface area (Å²) in [6.45, 7) is 1.86. The first-order valence-corrected chi connectivity index (χ1v) is 8.56. The highest BCUT2D eigenvalue weighted by atomic mass is 19.1. The molecule has 142 valence electrons. The fraction of sp³-hybridized carbons (Fsp3) is 0.316. The first-order valence-electron chi connectivity index (χ1n) is 8.56. The van der Waals surface area contributed by atoms with E-state index in [-0.39, 0.29) is 30.5 Å². The molecule has 0 unspecified atom stereocenters. The SMILES string of the molecule is Cc1ccc(NC(=O)CN(Cc2ccc(F)cc2F)C2CC2)c([N+](=O)[O-])c1. The second-order valence-corrected chi connectivity index (χ2v) is 6.70. The third kappa shape index (κ3) is 4.85. The zero-order chi connectivity index (χ0) is 19.6. The van der Waals surface area contributed by atoms with Gasteiger partial charge in [0.25, 0.3) is 5.69 Å². The largest absolute Gasteiger partial charge is 0.319 e. The second kappa shape index (κ2) is 7.79. The highest BCUT2D eigenvalue weighted by molar-refractivity contribution is 5.94. The summed E-state index contributed by atoms with van der Waals surface area (Å²) in [7, 11) is 0. The molecule has 2 aromatic carbocycles. The van der Waals surface area contributed by atoms with Crippen LogP contribution in [0.2, 0.25) is 0 Å². The Morgan fingerprint density at radius 2 is 2.00 bits per heavy atom. The normalized spacial score (nSPS) is 13.6. The van der Waals surface area contributed by atoms with Crippen molar-refractivity contribution < 1.29 is 18.5 Å². The molecule has 0 radical (unpaired) electrons. The molecule has 0 spiro atoms. The standard InChI is InChI=1S/C19H19F2N3O3/c1-12-2-7-17(18(8-12)24(26)27)22-19(25)11-23(15-5-6-15)10-13-3-4-14(20)9-16(13)21/h2-4,7-9,15H,5-6,10-11H2,1H3,(H,22,25). The third-order valence-corrected chi connectivity index (χ3v) is 4.42. The van der Waals surface area contributed by atoms with Crippen LogP contribution in [0.4, 0.5) is 20.2 Å². The van der Waals surface area contributed by atoms with E-state index in [0.717, 1.165) is 18.9 Å². The van der Waals surface area contributed by atoms with Gasteiger partial charge in [-0.1, -0.05) is 12.1 Å². The van der Waals surface area contributed by atoms with E-state index < -0.39 is 22.5 Å². The third-order valence-electron chi connectivity index (χ3n) is 4.42. The fourth-order valence-corrected chi connectivity index (χ4v) is 2.90. The average molecular weight is 375 g/mol. The number of halogens is 2. The molecular weight excluding hydrogens is 356 g/mol. The van der Waals surface area contributed by atoms with Gasteiger partial charge in [-0.25, -0.2) is 8.78 Å². The topological polar surface area (TPSA) is 75.5 Å². The van der Waals surface area contributed by atoms with E-state index in [1.54, 1.807) is 17.9 Å². The number of anilines is 1. The molecule has 8 heteroatoms. The van der Waals surface area contributed by atoms with Crippen LogP contribution in [0, 0.1) is 28.7 Å². The van der Waals surface area contributed by atoms with Gasteiger partial charge in [0.1, 0.15) is 17.3 Å². The smallest absolute Gasteiger partial charge is 0.293 e. The summed E-state index contributed by atoms with van der Waals surface area (Å²) in [6.07, 6.45) is 1.78. The molecule has 1 aliphatic carbocycles. The van der Waals surface area contributed by atoms with Crippen molar-refractivity contribution in [2.24, 2.45) is 0 Å². The van der Waals surface area contributed by atoms with Gasteiger partial charge < -0.3 is 5.32 Å². The molecule has 0 saturated heterocycles. The first kappa shape index (κ1) is 18.9. The van der Waals surface area contributed by atoms with Crippen molar-refractivity contribution in [2.45, 2.75) is 32.4 Å². The van der Waals surface area contributed by atoms with Crippen LogP contribution in [0.15, 0.2) is 36.4 Å². The molecule has 2 aromatic rings. The predicted molar refractivity (Wildman–Crippen MR) is 96.3 cm³/mol. The first-order chi connectivity index (χ1) is 12.8. The number of rotatable bonds is 7. The maximum absolute atomic E-state index is 13.9. The number of benzene rings is 2. The van der Waals surface area contributed by atoms with E-state index in [1.807, 2.05) is 0 Å². The van der Waals surface area contributed by atoms with Gasteiger partial charge in [-0.15, -0.1) is 0 Å². The molecule has 0 bridgehead atoms. The Morgan fingerprint density at radius 1 is 1.26 bits per heavy atom. The predicted octanol–water partition coefficient (Wildman–Crippen LogP) is 3.78. The van der Waals surface area contributed by atoms with Crippen LogP contribution in [0.25, 0.3) is 0 Å². The molecule has 1 amide bonds. The van der Waals surface area contributed by atoms with Gasteiger partial charge in [-0.05, 0) is 37.5 Å². The Bertz CT molecular complexity index is 884. The van der Waals surface area contributed by atoms with E-state index in [4.69, 9.17) is 0 Å². The van der Waals surface area contributed by atoms with E-state index in [9.17, 15) is 23.7 Å². The van der Waals surface area contributed by atoms with E-state index in [1.165, 1.54) is 24.3 Å². The Kier molecular flexibility index (Phi) is 5.46. The Hall–Kier alpha value is -2.87. The highest BCUT2D eigenvalue weighted by Crippen LogP contribution is 2.29. The fourth-order valence-electron chi connectivity index (χ4n) is 2.90. The minimum Gasteiger partial charge on any atom is -0.319 e. The van der Waals surface area contributed by atoms with Crippen molar-refractivity contribution in [2.75, 3.05) is 11.9 Å². The van der Waals surface area contributed by atoms with Crippen LogP contribution in [0.5, 0.6) is 0 Å². The summed E-state index contributed by atoms with van der Waals surface area (Å²) in [4.78, 5) is 24.8. The minimum absolute atomic E-state index is 0.0352. The summed E-state index contributed by atoms with van der Waals surface area (Å²) >= 11 is 0. The lowest BCUT2D eigenvalue weighted by Gasteiger charge is -2.21. The lowest BCUT2D eigenvalue weighted by Crippen LogP contribution is -2.34. The van der Waals surface area contributed by atoms with E-state index >= 15 is 0 Å². The number of amides is 1. The van der Waals surface area contributed by atoms with Gasteiger partial charge in [0, 0.05) is 30.3 Å². The van der Waals surface area contributed by atoms with Crippen LogP contribution in [0.1, 0.15) is 24.0 Å². The number of nitro groups is 1. The van der Waals surface area contributed by atoms with Crippen LogP contribution in [-0.4, -0.2) is 28.3 Å². The van der Waals surface area contributed by atoms with Crippen LogP contribution in [-0.2, 0) is 11.3 Å². The van der Waals surface area contributed by atoms with Crippen molar-refractivity contribution in [3.05, 3.63) is 69.3 Å². The van der Waals surface area contributed by atoms with Gasteiger partial charge in [0.2, 0.25) is 5.91 Å². The molecule has 1 aliphatic rings. The average Bonchev–Trinajstić information content (AvgIpc) is 3.43. The molecule has 0 heterocycles. The summed E-state index contributed by atoms with van der Waals surface area (Å²) in [5.41, 5.74) is 0.966. The minimum atomic E-state index is -0.657. The molecule has 1 fully saturated rings. The summed E-state index contributed by atoms with van der Waals surface area (Å²) in [5, 5.41) is 13.7. The van der Waals surface area contributed by atoms with Crippen LogP contribution in [0.3, 0.4) is 0 Å². The zero-order valence-electron chi connectivity index (χ0n) is 14.7. The second-order valence-electron chi connectivity index (χ2n) is 6.70. The van der Waals surface area contributed by atoms with Crippen molar-refractivity contribution in [3.8, 4) is 0 Å². The lowest BCUT2D eigenvalue weighted by molar-refractivity contribution is -0.384. The molecular formula is C19H19F2N3O3. The highest BCUT2D eigenvalue weighted by Gasteiger charge is 2.31. The number of nitrogens with zero attached hydrogens (tertiary/aromatic N) is 2. The number of carbonyl (C=O) groups is 1. The molecule has 1 saturated carbocycles. The number of hydrogen-bond acceptors (Lipinski definition) is 4. The number of nitrogens with one attached hydrogen (secondary N) is 1. The van der Waals surface area contributed by atoms with Crippen LogP contribution < -0.4 is 5.32 Å². The van der Waals surface area contributed by atoms with Crippen molar-refractivity contribution in [1.29, 1.82) is 0 Å². The maximum atomic E-state index is 13.9. The Balaban J connectivity index is 1.70. The molecule has 0 atom stereocenters. The van der Waals surface area contributed by atoms with Crippen molar-refractivity contribution in [1.82, 2.24) is 4.90 Å². The van der Waals surface area contributed by atoms with Gasteiger partial charge >= 0.3 is 0 Å². The van der Waals surface area contributed by atoms with E-state index in [2.05, 4.69) is 5.32 Å². The quantitative estimate of drug-likeness (QED) is 0.590. The van der Waals surface area contributed by atoms with E-state index in [0.29, 0.717) is 11.1 Å². The molecule has 0 aromatic heterocycles. The van der Waals surface area contributed by atoms with Gasteiger partial charge in [0.05, 0.1) is 11.5 Å². The summed E-state index contributed by atoms with van der Waals surface area (Å²) in [5.74, 6) is -1.73. The number of hydrogen-bond donors (Lipinski definition) is 1. The molecule has 1 N–H and O–H groups in total. The Morgan fingerprint density at radius 3 is 2.63 bits per heavy atom. The molecule has 27 heavy (non-hydrogen) atoms. The molecule has 3 rings (SSSR count).